The van der Waals surface area contributed by atoms with Gasteiger partial charge in [-0.15, -0.1) is 0 Å². The molecule has 0 unspecified atom stereocenters. The summed E-state index contributed by atoms with van der Waals surface area (Å²) < 4.78 is 32.0. The molecule has 2 aromatic rings. The lowest BCUT2D eigenvalue weighted by Gasteiger charge is -2.35. The second-order valence-electron chi connectivity index (χ2n) is 5.56. The van der Waals surface area contributed by atoms with Crippen LogP contribution in [0, 0.1) is 0 Å². The van der Waals surface area contributed by atoms with Gasteiger partial charge in [0.1, 0.15) is 5.56 Å². The fraction of sp³-hybridized carbons (Fsp3) is 0.375. The Morgan fingerprint density at radius 3 is 2.52 bits per heavy atom. The quantitative estimate of drug-likeness (QED) is 0.798. The van der Waals surface area contributed by atoms with Crippen molar-refractivity contribution in [2.75, 3.05) is 37.7 Å². The molecule has 0 aliphatic carbocycles. The Morgan fingerprint density at radius 1 is 1.20 bits per heavy atom. The fourth-order valence-electron chi connectivity index (χ4n) is 2.78. The number of hydrogen-bond donors (Lipinski definition) is 1. The van der Waals surface area contributed by atoms with E-state index in [4.69, 9.17) is 4.74 Å². The van der Waals surface area contributed by atoms with Gasteiger partial charge in [0.15, 0.2) is 5.03 Å². The summed E-state index contributed by atoms with van der Waals surface area (Å²) in [5.41, 5.74) is 1.00. The van der Waals surface area contributed by atoms with Crippen molar-refractivity contribution in [1.29, 1.82) is 0 Å². The molecular weight excluding hydrogens is 344 g/mol. The number of carbonyl (C=O) groups is 1. The summed E-state index contributed by atoms with van der Waals surface area (Å²) in [6, 6.07) is 9.85. The summed E-state index contributed by atoms with van der Waals surface area (Å²) in [7, 11) is -3.83. The maximum Gasteiger partial charge on any atom is 0.342 e. The van der Waals surface area contributed by atoms with Crippen molar-refractivity contribution in [3.63, 3.8) is 0 Å². The van der Waals surface area contributed by atoms with E-state index in [1.54, 1.807) is 6.92 Å². The second-order valence-corrected chi connectivity index (χ2v) is 7.43. The largest absolute Gasteiger partial charge is 0.462 e. The molecule has 3 rings (SSSR count). The van der Waals surface area contributed by atoms with Gasteiger partial charge in [0, 0.05) is 31.9 Å². The number of esters is 1. The van der Waals surface area contributed by atoms with Gasteiger partial charge >= 0.3 is 5.97 Å². The van der Waals surface area contributed by atoms with Crippen LogP contribution < -0.4 is 4.90 Å². The van der Waals surface area contributed by atoms with E-state index in [0.29, 0.717) is 26.2 Å². The number of piperazine rings is 1. The number of sulfonamides is 1. The van der Waals surface area contributed by atoms with E-state index in [-0.39, 0.29) is 17.2 Å². The highest BCUT2D eigenvalue weighted by molar-refractivity contribution is 7.89. The summed E-state index contributed by atoms with van der Waals surface area (Å²) in [4.78, 5) is 14.0. The Labute approximate surface area is 146 Å². The normalized spacial score (nSPS) is 16.0. The summed E-state index contributed by atoms with van der Waals surface area (Å²) in [5, 5.41) is 5.93. The highest BCUT2D eigenvalue weighted by atomic mass is 32.2. The number of rotatable bonds is 5. The first-order chi connectivity index (χ1) is 12.0. The van der Waals surface area contributed by atoms with E-state index in [9.17, 15) is 13.2 Å². The van der Waals surface area contributed by atoms with Gasteiger partial charge in [-0.2, -0.15) is 9.40 Å². The predicted octanol–water partition coefficient (Wildman–Crippen LogP) is 1.10. The Morgan fingerprint density at radius 2 is 1.88 bits per heavy atom. The van der Waals surface area contributed by atoms with E-state index in [2.05, 4.69) is 15.1 Å². The van der Waals surface area contributed by atoms with Gasteiger partial charge in [-0.1, -0.05) is 18.2 Å². The minimum Gasteiger partial charge on any atom is -0.462 e. The number of aromatic amines is 1. The van der Waals surface area contributed by atoms with Crippen molar-refractivity contribution in [3.8, 4) is 0 Å². The topological polar surface area (TPSA) is 95.6 Å². The average molecular weight is 364 g/mol. The molecule has 1 aromatic heterocycles. The molecule has 0 spiro atoms. The number of benzene rings is 1. The van der Waals surface area contributed by atoms with Crippen LogP contribution in [0.5, 0.6) is 0 Å². The predicted molar refractivity (Wildman–Crippen MR) is 92.0 cm³/mol. The van der Waals surface area contributed by atoms with Gasteiger partial charge in [0.05, 0.1) is 12.8 Å². The van der Waals surface area contributed by atoms with Crippen molar-refractivity contribution in [2.24, 2.45) is 0 Å². The van der Waals surface area contributed by atoms with Gasteiger partial charge in [-0.05, 0) is 19.1 Å². The van der Waals surface area contributed by atoms with Crippen LogP contribution in [0.3, 0.4) is 0 Å². The van der Waals surface area contributed by atoms with Crippen LogP contribution in [0.15, 0.2) is 41.6 Å². The highest BCUT2D eigenvalue weighted by Crippen LogP contribution is 2.22. The lowest BCUT2D eigenvalue weighted by Crippen LogP contribution is -2.49. The number of H-pyrrole nitrogens is 1. The maximum atomic E-state index is 12.8. The first kappa shape index (κ1) is 17.4. The molecule has 8 nitrogen and oxygen atoms in total. The zero-order valence-electron chi connectivity index (χ0n) is 13.9. The van der Waals surface area contributed by atoms with Gasteiger partial charge in [-0.25, -0.2) is 13.2 Å². The average Bonchev–Trinajstić information content (AvgIpc) is 3.14. The molecule has 1 aliphatic heterocycles. The number of carbonyl (C=O) groups excluding carboxylic acids is 1. The summed E-state index contributed by atoms with van der Waals surface area (Å²) >= 11 is 0. The van der Waals surface area contributed by atoms with Crippen LogP contribution in [0.2, 0.25) is 0 Å². The molecule has 25 heavy (non-hydrogen) atoms. The number of nitrogens with one attached hydrogen (secondary N) is 1. The number of nitrogens with zero attached hydrogens (tertiary/aromatic N) is 3. The Bertz CT molecular complexity index is 827. The van der Waals surface area contributed by atoms with Gasteiger partial charge in [0.2, 0.25) is 0 Å². The lowest BCUT2D eigenvalue weighted by molar-refractivity contribution is 0.0521. The SMILES string of the molecule is CCOC(=O)c1cn[nH]c1S(=O)(=O)N1CCN(c2ccccc2)CC1. The number of ether oxygens (including phenoxy) is 1. The molecule has 0 saturated carbocycles. The van der Waals surface area contributed by atoms with Crippen molar-refractivity contribution in [3.05, 3.63) is 42.1 Å². The number of anilines is 1. The Hall–Kier alpha value is -2.39. The van der Waals surface area contributed by atoms with E-state index in [1.165, 1.54) is 10.5 Å². The molecular formula is C16H20N4O4S. The van der Waals surface area contributed by atoms with Crippen LogP contribution in [0.25, 0.3) is 0 Å². The molecule has 0 atom stereocenters. The van der Waals surface area contributed by atoms with E-state index >= 15 is 0 Å². The number of aromatic nitrogens is 2. The number of hydrogen-bond acceptors (Lipinski definition) is 6. The second kappa shape index (κ2) is 7.24. The molecule has 0 radical (unpaired) electrons. The molecule has 1 aliphatic rings. The first-order valence-corrected chi connectivity index (χ1v) is 9.48. The van der Waals surface area contributed by atoms with Gasteiger partial charge < -0.3 is 9.64 Å². The van der Waals surface area contributed by atoms with Crippen LogP contribution in [-0.4, -0.2) is 61.7 Å². The summed E-state index contributed by atoms with van der Waals surface area (Å²) in [6.07, 6.45) is 1.19. The molecule has 1 aromatic carbocycles. The van der Waals surface area contributed by atoms with Crippen molar-refractivity contribution in [1.82, 2.24) is 14.5 Å². The monoisotopic (exact) mass is 364 g/mol. The minimum atomic E-state index is -3.83. The minimum absolute atomic E-state index is 0.0626. The van der Waals surface area contributed by atoms with Crippen molar-refractivity contribution < 1.29 is 17.9 Å². The number of para-hydroxylation sites is 1. The Balaban J connectivity index is 1.75. The Kier molecular flexibility index (Phi) is 5.05. The van der Waals surface area contributed by atoms with Crippen LogP contribution in [0.1, 0.15) is 17.3 Å². The standard InChI is InChI=1S/C16H20N4O4S/c1-2-24-16(21)14-12-17-18-15(14)25(22,23)20-10-8-19(9-11-20)13-6-4-3-5-7-13/h3-7,12H,2,8-11H2,1H3,(H,17,18). The molecule has 0 bridgehead atoms. The fourth-order valence-corrected chi connectivity index (χ4v) is 4.26. The van der Waals surface area contributed by atoms with Crippen LogP contribution in [-0.2, 0) is 14.8 Å². The molecule has 2 heterocycles. The van der Waals surface area contributed by atoms with Crippen LogP contribution >= 0.6 is 0 Å². The molecule has 1 fully saturated rings. The molecule has 1 saturated heterocycles. The summed E-state index contributed by atoms with van der Waals surface area (Å²) in [6.45, 7) is 3.64. The molecule has 0 amide bonds. The third kappa shape index (κ3) is 3.52. The zero-order valence-corrected chi connectivity index (χ0v) is 14.7. The molecule has 1 N–H and O–H groups in total. The summed E-state index contributed by atoms with van der Waals surface area (Å²) in [5.74, 6) is -0.697. The van der Waals surface area contributed by atoms with Gasteiger partial charge in [0.25, 0.3) is 10.0 Å². The van der Waals surface area contributed by atoms with E-state index < -0.39 is 16.0 Å². The maximum absolute atomic E-state index is 12.8. The third-order valence-electron chi connectivity index (χ3n) is 4.06. The smallest absolute Gasteiger partial charge is 0.342 e. The van der Waals surface area contributed by atoms with E-state index in [1.807, 2.05) is 30.3 Å². The first-order valence-electron chi connectivity index (χ1n) is 8.04. The molecule has 134 valence electrons. The van der Waals surface area contributed by atoms with Crippen molar-refractivity contribution in [2.45, 2.75) is 11.9 Å². The van der Waals surface area contributed by atoms with Crippen molar-refractivity contribution >= 4 is 21.7 Å². The van der Waals surface area contributed by atoms with E-state index in [0.717, 1.165) is 5.69 Å². The highest BCUT2D eigenvalue weighted by Gasteiger charge is 2.33. The van der Waals surface area contributed by atoms with Gasteiger partial charge in [-0.3, -0.25) is 5.10 Å². The lowest BCUT2D eigenvalue weighted by atomic mass is 10.2. The molecule has 9 heteroatoms. The third-order valence-corrected chi connectivity index (χ3v) is 5.93. The van der Waals surface area contributed by atoms with Crippen LogP contribution in [0.4, 0.5) is 5.69 Å². The zero-order chi connectivity index (χ0) is 17.9.